The molecule has 0 fully saturated rings. The number of sulfonamides is 1. The van der Waals surface area contributed by atoms with Gasteiger partial charge in [-0.15, -0.1) is 10.2 Å². The molecule has 4 rings (SSSR count). The first-order valence-electron chi connectivity index (χ1n) is 10.8. The fourth-order valence-corrected chi connectivity index (χ4v) is 5.93. The third-order valence-corrected chi connectivity index (χ3v) is 8.23. The van der Waals surface area contributed by atoms with Crippen molar-refractivity contribution in [3.63, 3.8) is 0 Å². The zero-order chi connectivity index (χ0) is 25.9. The van der Waals surface area contributed by atoms with E-state index >= 15 is 0 Å². The molecule has 1 N–H and O–H groups in total. The van der Waals surface area contributed by atoms with Crippen LogP contribution in [0.4, 0.5) is 10.8 Å². The lowest BCUT2D eigenvalue weighted by Crippen LogP contribution is -2.38. The molecule has 1 amide bonds. The Morgan fingerprint density at radius 2 is 1.72 bits per heavy atom. The van der Waals surface area contributed by atoms with Gasteiger partial charge in [0, 0.05) is 10.6 Å². The van der Waals surface area contributed by atoms with Crippen molar-refractivity contribution in [2.45, 2.75) is 18.7 Å². The van der Waals surface area contributed by atoms with Gasteiger partial charge in [0.15, 0.2) is 0 Å². The molecule has 186 valence electrons. The number of nitrogens with zero attached hydrogens (tertiary/aromatic N) is 3. The van der Waals surface area contributed by atoms with Crippen molar-refractivity contribution in [2.75, 3.05) is 23.3 Å². The number of carbonyl (C=O) groups is 1. The summed E-state index contributed by atoms with van der Waals surface area (Å²) in [6, 6.07) is 18.6. The predicted octanol–water partition coefficient (Wildman–Crippen LogP) is 5.32. The highest BCUT2D eigenvalue weighted by Crippen LogP contribution is 2.30. The van der Waals surface area contributed by atoms with Crippen LogP contribution in [0.1, 0.15) is 11.1 Å². The fourth-order valence-electron chi connectivity index (χ4n) is 3.45. The lowest BCUT2D eigenvalue weighted by atomic mass is 10.2. The molecule has 0 bridgehead atoms. The van der Waals surface area contributed by atoms with E-state index in [0.29, 0.717) is 27.0 Å². The van der Waals surface area contributed by atoms with Crippen molar-refractivity contribution in [3.05, 3.63) is 82.9 Å². The summed E-state index contributed by atoms with van der Waals surface area (Å²) in [7, 11) is -2.47. The van der Waals surface area contributed by atoms with Gasteiger partial charge in [-0.05, 0) is 74.0 Å². The molecule has 1 heterocycles. The molecule has 0 unspecified atom stereocenters. The van der Waals surface area contributed by atoms with Crippen molar-refractivity contribution < 1.29 is 17.9 Å². The van der Waals surface area contributed by atoms with E-state index in [4.69, 9.17) is 16.3 Å². The third kappa shape index (κ3) is 5.67. The Kier molecular flexibility index (Phi) is 7.58. The molecule has 0 aliphatic rings. The molecule has 0 saturated heterocycles. The van der Waals surface area contributed by atoms with Crippen LogP contribution in [0, 0.1) is 13.8 Å². The maximum absolute atomic E-state index is 13.6. The summed E-state index contributed by atoms with van der Waals surface area (Å²) >= 11 is 7.27. The summed E-state index contributed by atoms with van der Waals surface area (Å²) in [5.74, 6) is 0.154. The van der Waals surface area contributed by atoms with Crippen molar-refractivity contribution in [1.29, 1.82) is 0 Å². The SMILES string of the molecule is COc1ccc(-c2nnc(NC(=O)CN(c3ccc(Cl)cc3C)S(=O)(=O)c3ccc(C)cc3)s2)cc1. The molecule has 1 aromatic heterocycles. The van der Waals surface area contributed by atoms with Crippen LogP contribution in [-0.4, -0.2) is 38.2 Å². The Hall–Kier alpha value is -3.47. The van der Waals surface area contributed by atoms with Gasteiger partial charge >= 0.3 is 0 Å². The first-order valence-corrected chi connectivity index (χ1v) is 13.4. The fraction of sp³-hybridized carbons (Fsp3) is 0.160. The average molecular weight is 543 g/mol. The monoisotopic (exact) mass is 542 g/mol. The number of carbonyl (C=O) groups excluding carboxylic acids is 1. The zero-order valence-electron chi connectivity index (χ0n) is 19.7. The molecule has 36 heavy (non-hydrogen) atoms. The van der Waals surface area contributed by atoms with Crippen LogP contribution in [-0.2, 0) is 14.8 Å². The molecule has 4 aromatic rings. The number of ether oxygens (including phenoxy) is 1. The van der Waals surface area contributed by atoms with Gasteiger partial charge in [-0.25, -0.2) is 8.42 Å². The van der Waals surface area contributed by atoms with E-state index in [-0.39, 0.29) is 10.0 Å². The van der Waals surface area contributed by atoms with Crippen LogP contribution in [0.25, 0.3) is 10.6 Å². The second kappa shape index (κ2) is 10.7. The van der Waals surface area contributed by atoms with Gasteiger partial charge in [-0.1, -0.05) is 40.6 Å². The van der Waals surface area contributed by atoms with Crippen LogP contribution in [0.15, 0.2) is 71.6 Å². The van der Waals surface area contributed by atoms with Gasteiger partial charge in [0.1, 0.15) is 17.3 Å². The molecule has 0 radical (unpaired) electrons. The van der Waals surface area contributed by atoms with Gasteiger partial charge < -0.3 is 4.74 Å². The molecular formula is C25H23ClN4O4S2. The molecular weight excluding hydrogens is 520 g/mol. The number of hydrogen-bond acceptors (Lipinski definition) is 7. The number of benzene rings is 3. The second-order valence-electron chi connectivity index (χ2n) is 7.94. The largest absolute Gasteiger partial charge is 0.497 e. The van der Waals surface area contributed by atoms with Gasteiger partial charge in [-0.2, -0.15) is 0 Å². The van der Waals surface area contributed by atoms with E-state index < -0.39 is 22.5 Å². The van der Waals surface area contributed by atoms with Crippen LogP contribution < -0.4 is 14.4 Å². The lowest BCUT2D eigenvalue weighted by molar-refractivity contribution is -0.114. The molecule has 0 aliphatic heterocycles. The maximum atomic E-state index is 13.6. The minimum atomic E-state index is -4.05. The maximum Gasteiger partial charge on any atom is 0.264 e. The summed E-state index contributed by atoms with van der Waals surface area (Å²) in [6.45, 7) is 3.14. The van der Waals surface area contributed by atoms with Gasteiger partial charge in [0.25, 0.3) is 10.0 Å². The topological polar surface area (TPSA) is 101 Å². The first-order chi connectivity index (χ1) is 17.2. The Balaban J connectivity index is 1.60. The average Bonchev–Trinajstić information content (AvgIpc) is 3.31. The van der Waals surface area contributed by atoms with Crippen molar-refractivity contribution in [1.82, 2.24) is 10.2 Å². The number of hydrogen-bond donors (Lipinski definition) is 1. The number of halogens is 1. The minimum absolute atomic E-state index is 0.0768. The van der Waals surface area contributed by atoms with E-state index in [9.17, 15) is 13.2 Å². The summed E-state index contributed by atoms with van der Waals surface area (Å²) in [5.41, 5.74) is 2.70. The van der Waals surface area contributed by atoms with E-state index in [0.717, 1.165) is 15.4 Å². The van der Waals surface area contributed by atoms with Crippen LogP contribution in [0.5, 0.6) is 5.75 Å². The molecule has 11 heteroatoms. The van der Waals surface area contributed by atoms with Crippen molar-refractivity contribution >= 4 is 49.7 Å². The Morgan fingerprint density at radius 3 is 2.36 bits per heavy atom. The highest BCUT2D eigenvalue weighted by atomic mass is 35.5. The zero-order valence-corrected chi connectivity index (χ0v) is 22.1. The smallest absolute Gasteiger partial charge is 0.264 e. The number of rotatable bonds is 8. The van der Waals surface area contributed by atoms with Gasteiger partial charge in [0.05, 0.1) is 17.7 Å². The third-order valence-electron chi connectivity index (χ3n) is 5.33. The Morgan fingerprint density at radius 1 is 1.03 bits per heavy atom. The molecule has 0 aliphatic carbocycles. The van der Waals surface area contributed by atoms with Crippen LogP contribution in [0.3, 0.4) is 0 Å². The summed E-state index contributed by atoms with van der Waals surface area (Å²) in [4.78, 5) is 13.1. The number of nitrogens with one attached hydrogen (secondary N) is 1. The van der Waals surface area contributed by atoms with Crippen molar-refractivity contribution in [3.8, 4) is 16.3 Å². The summed E-state index contributed by atoms with van der Waals surface area (Å²) < 4.78 is 33.4. The Labute approximate surface area is 218 Å². The van der Waals surface area contributed by atoms with E-state index in [1.165, 1.54) is 23.5 Å². The van der Waals surface area contributed by atoms with Gasteiger partial charge in [-0.3, -0.25) is 14.4 Å². The van der Waals surface area contributed by atoms with Crippen molar-refractivity contribution in [2.24, 2.45) is 0 Å². The highest BCUT2D eigenvalue weighted by molar-refractivity contribution is 7.92. The van der Waals surface area contributed by atoms with Gasteiger partial charge in [0.2, 0.25) is 11.0 Å². The number of aromatic nitrogens is 2. The number of methoxy groups -OCH3 is 1. The highest BCUT2D eigenvalue weighted by Gasteiger charge is 2.28. The van der Waals surface area contributed by atoms with Crippen LogP contribution in [0.2, 0.25) is 5.02 Å². The predicted molar refractivity (Wildman–Crippen MR) is 142 cm³/mol. The molecule has 0 saturated carbocycles. The number of anilines is 2. The number of amides is 1. The second-order valence-corrected chi connectivity index (χ2v) is 11.2. The molecule has 0 atom stereocenters. The summed E-state index contributed by atoms with van der Waals surface area (Å²) in [6.07, 6.45) is 0. The normalized spacial score (nSPS) is 11.2. The molecule has 3 aromatic carbocycles. The lowest BCUT2D eigenvalue weighted by Gasteiger charge is -2.25. The quantitative estimate of drug-likeness (QED) is 0.323. The Bertz CT molecular complexity index is 1490. The van der Waals surface area contributed by atoms with E-state index in [1.54, 1.807) is 56.5 Å². The minimum Gasteiger partial charge on any atom is -0.497 e. The van der Waals surface area contributed by atoms with E-state index in [2.05, 4.69) is 15.5 Å². The molecule has 8 nitrogen and oxygen atoms in total. The number of aryl methyl sites for hydroxylation is 2. The standard InChI is InChI=1S/C25H23ClN4O4S2/c1-16-4-11-21(12-5-16)36(32,33)30(22-13-8-19(26)14-17(22)2)15-23(31)27-25-29-28-24(35-25)18-6-9-20(34-3)10-7-18/h4-14H,15H2,1-3H3,(H,27,29,31). The van der Waals surface area contributed by atoms with Crippen LogP contribution >= 0.6 is 22.9 Å². The summed E-state index contributed by atoms with van der Waals surface area (Å²) in [5, 5.41) is 12.2. The van der Waals surface area contributed by atoms with E-state index in [1.807, 2.05) is 19.1 Å². The first kappa shape index (κ1) is 25.6. The molecule has 0 spiro atoms.